The lowest BCUT2D eigenvalue weighted by Gasteiger charge is -2.20. The molecule has 0 aromatic carbocycles. The van der Waals surface area contributed by atoms with Gasteiger partial charge in [0.2, 0.25) is 11.9 Å². The molecule has 1 fully saturated rings. The molecule has 1 aliphatic carbocycles. The Hall–Kier alpha value is -2.25. The molecule has 0 radical (unpaired) electrons. The SMILES string of the molecule is CCNc1nc(N(CC)C2CC2)nc(-n2cncn2)n1. The van der Waals surface area contributed by atoms with Crippen LogP contribution in [-0.2, 0) is 0 Å². The van der Waals surface area contributed by atoms with Crippen molar-refractivity contribution in [2.75, 3.05) is 23.3 Å². The van der Waals surface area contributed by atoms with Crippen molar-refractivity contribution in [3.63, 3.8) is 0 Å². The van der Waals surface area contributed by atoms with Gasteiger partial charge in [-0.05, 0) is 26.7 Å². The van der Waals surface area contributed by atoms with E-state index in [0.29, 0.717) is 23.9 Å². The van der Waals surface area contributed by atoms with Crippen molar-refractivity contribution in [1.29, 1.82) is 0 Å². The molecular formula is C12H18N8. The van der Waals surface area contributed by atoms with Crippen molar-refractivity contribution in [3.8, 4) is 5.95 Å². The highest BCUT2D eigenvalue weighted by molar-refractivity contribution is 5.41. The first-order chi connectivity index (χ1) is 9.81. The van der Waals surface area contributed by atoms with Gasteiger partial charge in [0.15, 0.2) is 0 Å². The summed E-state index contributed by atoms with van der Waals surface area (Å²) in [5.41, 5.74) is 0. The van der Waals surface area contributed by atoms with E-state index in [9.17, 15) is 0 Å². The van der Waals surface area contributed by atoms with Gasteiger partial charge in [0, 0.05) is 19.1 Å². The van der Waals surface area contributed by atoms with Crippen molar-refractivity contribution in [2.24, 2.45) is 0 Å². The van der Waals surface area contributed by atoms with Crippen LogP contribution in [0, 0.1) is 0 Å². The first kappa shape index (κ1) is 12.8. The van der Waals surface area contributed by atoms with Crippen molar-refractivity contribution in [1.82, 2.24) is 29.7 Å². The van der Waals surface area contributed by atoms with Gasteiger partial charge in [-0.2, -0.15) is 24.7 Å². The summed E-state index contributed by atoms with van der Waals surface area (Å²) in [4.78, 5) is 19.5. The first-order valence-corrected chi connectivity index (χ1v) is 6.93. The Labute approximate surface area is 117 Å². The normalized spacial score (nSPS) is 14.3. The molecule has 0 aliphatic heterocycles. The van der Waals surface area contributed by atoms with E-state index in [1.54, 1.807) is 11.0 Å². The van der Waals surface area contributed by atoms with E-state index >= 15 is 0 Å². The second-order valence-corrected chi connectivity index (χ2v) is 4.65. The summed E-state index contributed by atoms with van der Waals surface area (Å²) in [5.74, 6) is 1.76. The monoisotopic (exact) mass is 274 g/mol. The molecule has 0 unspecified atom stereocenters. The summed E-state index contributed by atoms with van der Waals surface area (Å²) >= 11 is 0. The topological polar surface area (TPSA) is 84.7 Å². The zero-order valence-electron chi connectivity index (χ0n) is 11.7. The van der Waals surface area contributed by atoms with Gasteiger partial charge < -0.3 is 10.2 Å². The third-order valence-corrected chi connectivity index (χ3v) is 3.16. The third-order valence-electron chi connectivity index (χ3n) is 3.16. The van der Waals surface area contributed by atoms with E-state index in [1.807, 2.05) is 6.92 Å². The highest BCUT2D eigenvalue weighted by Crippen LogP contribution is 2.29. The van der Waals surface area contributed by atoms with Gasteiger partial charge in [-0.25, -0.2) is 4.98 Å². The van der Waals surface area contributed by atoms with Crippen LogP contribution >= 0.6 is 0 Å². The molecule has 8 nitrogen and oxygen atoms in total. The molecule has 8 heteroatoms. The Morgan fingerprint density at radius 3 is 2.75 bits per heavy atom. The Bertz CT molecular complexity index is 563. The quantitative estimate of drug-likeness (QED) is 0.836. The third kappa shape index (κ3) is 2.54. The molecule has 2 aromatic heterocycles. The molecule has 0 atom stereocenters. The smallest absolute Gasteiger partial charge is 0.258 e. The maximum absolute atomic E-state index is 4.51. The van der Waals surface area contributed by atoms with Crippen LogP contribution in [0.2, 0.25) is 0 Å². The van der Waals surface area contributed by atoms with Gasteiger partial charge in [0.05, 0.1) is 0 Å². The number of rotatable bonds is 6. The van der Waals surface area contributed by atoms with E-state index in [0.717, 1.165) is 13.1 Å². The molecule has 106 valence electrons. The molecular weight excluding hydrogens is 256 g/mol. The van der Waals surface area contributed by atoms with Crippen molar-refractivity contribution in [3.05, 3.63) is 12.7 Å². The summed E-state index contributed by atoms with van der Waals surface area (Å²) in [6, 6.07) is 0.556. The van der Waals surface area contributed by atoms with Crippen molar-refractivity contribution >= 4 is 11.9 Å². The van der Waals surface area contributed by atoms with Gasteiger partial charge in [0.25, 0.3) is 5.95 Å². The molecule has 0 amide bonds. The van der Waals surface area contributed by atoms with E-state index in [4.69, 9.17) is 0 Å². The zero-order valence-corrected chi connectivity index (χ0v) is 11.7. The molecule has 1 N–H and O–H groups in total. The average Bonchev–Trinajstić information content (AvgIpc) is 3.13. The van der Waals surface area contributed by atoms with Gasteiger partial charge in [0.1, 0.15) is 12.7 Å². The van der Waals surface area contributed by atoms with Gasteiger partial charge in [-0.15, -0.1) is 0 Å². The highest BCUT2D eigenvalue weighted by Gasteiger charge is 2.30. The van der Waals surface area contributed by atoms with Crippen LogP contribution in [-0.4, -0.2) is 48.8 Å². The first-order valence-electron chi connectivity index (χ1n) is 6.93. The van der Waals surface area contributed by atoms with Crippen molar-refractivity contribution in [2.45, 2.75) is 32.7 Å². The molecule has 1 saturated carbocycles. The van der Waals surface area contributed by atoms with Crippen LogP contribution in [0.3, 0.4) is 0 Å². The van der Waals surface area contributed by atoms with Crippen LogP contribution in [0.5, 0.6) is 0 Å². The zero-order chi connectivity index (χ0) is 13.9. The second kappa shape index (κ2) is 5.40. The molecule has 0 saturated heterocycles. The summed E-state index contributed by atoms with van der Waals surface area (Å²) in [6.45, 7) is 5.77. The van der Waals surface area contributed by atoms with E-state index in [1.165, 1.54) is 19.2 Å². The highest BCUT2D eigenvalue weighted by atomic mass is 15.4. The minimum Gasteiger partial charge on any atom is -0.354 e. The van der Waals surface area contributed by atoms with Crippen LogP contribution in [0.1, 0.15) is 26.7 Å². The predicted octanol–water partition coefficient (Wildman–Crippen LogP) is 0.873. The Morgan fingerprint density at radius 1 is 1.30 bits per heavy atom. The van der Waals surface area contributed by atoms with Crippen LogP contribution in [0.15, 0.2) is 12.7 Å². The molecule has 0 spiro atoms. The number of anilines is 2. The second-order valence-electron chi connectivity index (χ2n) is 4.65. The lowest BCUT2D eigenvalue weighted by Crippen LogP contribution is -2.28. The summed E-state index contributed by atoms with van der Waals surface area (Å²) < 4.78 is 1.55. The maximum atomic E-state index is 4.51. The maximum Gasteiger partial charge on any atom is 0.258 e. The number of aromatic nitrogens is 6. The van der Waals surface area contributed by atoms with Crippen LogP contribution < -0.4 is 10.2 Å². The summed E-state index contributed by atoms with van der Waals surface area (Å²) in [7, 11) is 0. The van der Waals surface area contributed by atoms with Crippen LogP contribution in [0.4, 0.5) is 11.9 Å². The van der Waals surface area contributed by atoms with Gasteiger partial charge in [-0.1, -0.05) is 0 Å². The standard InChI is InChI=1S/C12H18N8/c1-3-14-10-16-11(19(4-2)9-5-6-9)18-12(17-10)20-8-13-7-15-20/h7-9H,3-6H2,1-2H3,(H,14,16,17,18). The Kier molecular flexibility index (Phi) is 3.44. The fraction of sp³-hybridized carbons (Fsp3) is 0.583. The molecule has 3 rings (SSSR count). The van der Waals surface area contributed by atoms with E-state index in [2.05, 4.69) is 42.2 Å². The molecule has 2 aromatic rings. The molecule has 2 heterocycles. The largest absolute Gasteiger partial charge is 0.354 e. The van der Waals surface area contributed by atoms with Crippen LogP contribution in [0.25, 0.3) is 5.95 Å². The predicted molar refractivity (Wildman–Crippen MR) is 74.9 cm³/mol. The number of nitrogens with zero attached hydrogens (tertiary/aromatic N) is 7. The average molecular weight is 274 g/mol. The minimum absolute atomic E-state index is 0.488. The molecule has 0 bridgehead atoms. The molecule has 20 heavy (non-hydrogen) atoms. The van der Waals surface area contributed by atoms with Gasteiger partial charge >= 0.3 is 0 Å². The summed E-state index contributed by atoms with van der Waals surface area (Å²) in [5, 5.41) is 7.22. The summed E-state index contributed by atoms with van der Waals surface area (Å²) in [6.07, 6.45) is 5.46. The van der Waals surface area contributed by atoms with Crippen molar-refractivity contribution < 1.29 is 0 Å². The minimum atomic E-state index is 0.488. The number of hydrogen-bond donors (Lipinski definition) is 1. The Balaban J connectivity index is 1.99. The lowest BCUT2D eigenvalue weighted by atomic mass is 10.5. The fourth-order valence-corrected chi connectivity index (χ4v) is 2.08. The number of hydrogen-bond acceptors (Lipinski definition) is 7. The van der Waals surface area contributed by atoms with Gasteiger partial charge in [-0.3, -0.25) is 0 Å². The van der Waals surface area contributed by atoms with E-state index < -0.39 is 0 Å². The Morgan fingerprint density at radius 2 is 2.15 bits per heavy atom. The molecule has 1 aliphatic rings. The lowest BCUT2D eigenvalue weighted by molar-refractivity contribution is 0.746. The fourth-order valence-electron chi connectivity index (χ4n) is 2.08. The van der Waals surface area contributed by atoms with E-state index in [-0.39, 0.29) is 0 Å². The number of nitrogens with one attached hydrogen (secondary N) is 1.